The first kappa shape index (κ1) is 17.0. The van der Waals surface area contributed by atoms with Crippen molar-refractivity contribution in [3.05, 3.63) is 11.2 Å². The smallest absolute Gasteiger partial charge is 0.230 e. The van der Waals surface area contributed by atoms with Crippen LogP contribution in [0.4, 0.5) is 5.82 Å². The van der Waals surface area contributed by atoms with Crippen molar-refractivity contribution in [1.29, 1.82) is 0 Å². The van der Waals surface area contributed by atoms with Gasteiger partial charge in [0.2, 0.25) is 5.91 Å². The summed E-state index contributed by atoms with van der Waals surface area (Å²) in [5, 5.41) is 3.75. The van der Waals surface area contributed by atoms with Crippen LogP contribution in [0.3, 0.4) is 0 Å². The molecule has 1 amide bonds. The first-order valence-corrected chi connectivity index (χ1v) is 8.16. The largest absolute Gasteiger partial charge is 0.357 e. The normalized spacial score (nSPS) is 10.4. The molecule has 0 atom stereocenters. The van der Waals surface area contributed by atoms with Crippen LogP contribution in [0, 0.1) is 0 Å². The van der Waals surface area contributed by atoms with E-state index in [1.165, 1.54) is 11.8 Å². The van der Waals surface area contributed by atoms with Crippen LogP contribution < -0.4 is 10.2 Å². The van der Waals surface area contributed by atoms with Gasteiger partial charge >= 0.3 is 0 Å². The Kier molecular flexibility index (Phi) is 7.69. The quantitative estimate of drug-likeness (QED) is 0.454. The zero-order valence-corrected chi connectivity index (χ0v) is 13.7. The fourth-order valence-electron chi connectivity index (χ4n) is 1.61. The molecule has 0 aliphatic heterocycles. The lowest BCUT2D eigenvalue weighted by Crippen LogP contribution is -2.26. The van der Waals surface area contributed by atoms with Crippen molar-refractivity contribution >= 4 is 35.1 Å². The van der Waals surface area contributed by atoms with E-state index in [0.717, 1.165) is 25.3 Å². The first-order valence-electron chi connectivity index (χ1n) is 6.79. The van der Waals surface area contributed by atoms with Crippen molar-refractivity contribution in [3.8, 4) is 0 Å². The number of aromatic nitrogens is 2. The zero-order chi connectivity index (χ0) is 15.0. The summed E-state index contributed by atoms with van der Waals surface area (Å²) in [7, 11) is 0. The maximum Gasteiger partial charge on any atom is 0.230 e. The van der Waals surface area contributed by atoms with Crippen LogP contribution in [0.2, 0.25) is 5.15 Å². The van der Waals surface area contributed by atoms with Crippen LogP contribution in [0.5, 0.6) is 0 Å². The minimum absolute atomic E-state index is 0.00943. The molecule has 0 unspecified atom stereocenters. The number of nitrogens with one attached hydrogen (secondary N) is 1. The average Bonchev–Trinajstić information content (AvgIpc) is 2.43. The van der Waals surface area contributed by atoms with Crippen molar-refractivity contribution in [1.82, 2.24) is 15.3 Å². The van der Waals surface area contributed by atoms with Crippen molar-refractivity contribution in [2.24, 2.45) is 0 Å². The van der Waals surface area contributed by atoms with Crippen LogP contribution in [0.1, 0.15) is 27.2 Å². The standard InChI is InChI=1S/C13H21ClN4OS/c1-4-7-15-12(19)9-20-13-16-10(14)8-11(17-13)18(5-2)6-3/h8H,4-7,9H2,1-3H3,(H,15,19). The van der Waals surface area contributed by atoms with Gasteiger partial charge in [-0.05, 0) is 20.3 Å². The van der Waals surface area contributed by atoms with Crippen LogP contribution in [-0.2, 0) is 4.79 Å². The number of nitrogens with zero attached hydrogens (tertiary/aromatic N) is 3. The van der Waals surface area contributed by atoms with E-state index in [-0.39, 0.29) is 5.91 Å². The Balaban J connectivity index is 2.68. The molecule has 1 rings (SSSR count). The Hall–Kier alpha value is -1.01. The first-order chi connectivity index (χ1) is 9.60. The van der Waals surface area contributed by atoms with Crippen LogP contribution in [0.25, 0.3) is 0 Å². The van der Waals surface area contributed by atoms with E-state index in [1.54, 1.807) is 6.07 Å². The highest BCUT2D eigenvalue weighted by Gasteiger charge is 2.10. The van der Waals surface area contributed by atoms with Crippen molar-refractivity contribution in [2.45, 2.75) is 32.3 Å². The SMILES string of the molecule is CCCNC(=O)CSc1nc(Cl)cc(N(CC)CC)n1. The highest BCUT2D eigenvalue weighted by Crippen LogP contribution is 2.21. The summed E-state index contributed by atoms with van der Waals surface area (Å²) in [4.78, 5) is 22.2. The molecule has 0 radical (unpaired) electrons. The number of hydrogen-bond acceptors (Lipinski definition) is 5. The molecule has 0 bridgehead atoms. The van der Waals surface area contributed by atoms with E-state index >= 15 is 0 Å². The molecule has 0 saturated carbocycles. The molecule has 112 valence electrons. The molecule has 7 heteroatoms. The fraction of sp³-hybridized carbons (Fsp3) is 0.615. The third-order valence-electron chi connectivity index (χ3n) is 2.65. The van der Waals surface area contributed by atoms with Gasteiger partial charge in [-0.25, -0.2) is 9.97 Å². The van der Waals surface area contributed by atoms with E-state index in [2.05, 4.69) is 34.0 Å². The summed E-state index contributed by atoms with van der Waals surface area (Å²) >= 11 is 7.32. The number of thioether (sulfide) groups is 1. The molecular formula is C13H21ClN4OS. The predicted octanol–water partition coefficient (Wildman–Crippen LogP) is 2.59. The molecule has 1 aromatic rings. The molecule has 1 N–H and O–H groups in total. The number of anilines is 1. The summed E-state index contributed by atoms with van der Waals surface area (Å²) in [5.74, 6) is 1.09. The number of carbonyl (C=O) groups is 1. The van der Waals surface area contributed by atoms with Gasteiger partial charge in [0.25, 0.3) is 0 Å². The fourth-order valence-corrected chi connectivity index (χ4v) is 2.52. The number of carbonyl (C=O) groups excluding carboxylic acids is 1. The van der Waals surface area contributed by atoms with Gasteiger partial charge in [0.1, 0.15) is 11.0 Å². The molecule has 0 aromatic carbocycles. The van der Waals surface area contributed by atoms with Crippen molar-refractivity contribution < 1.29 is 4.79 Å². The van der Waals surface area contributed by atoms with E-state index in [9.17, 15) is 4.79 Å². The summed E-state index contributed by atoms with van der Waals surface area (Å²) in [6.07, 6.45) is 0.927. The third kappa shape index (κ3) is 5.54. The molecule has 1 aromatic heterocycles. The van der Waals surface area contributed by atoms with Crippen LogP contribution in [0.15, 0.2) is 11.2 Å². The zero-order valence-electron chi connectivity index (χ0n) is 12.1. The molecule has 5 nitrogen and oxygen atoms in total. The predicted molar refractivity (Wildman–Crippen MR) is 84.6 cm³/mol. The highest BCUT2D eigenvalue weighted by molar-refractivity contribution is 7.99. The van der Waals surface area contributed by atoms with Gasteiger partial charge in [-0.3, -0.25) is 4.79 Å². The van der Waals surface area contributed by atoms with Gasteiger partial charge in [-0.15, -0.1) is 0 Å². The molecule has 0 fully saturated rings. The van der Waals surface area contributed by atoms with Crippen molar-refractivity contribution in [2.75, 3.05) is 30.3 Å². The topological polar surface area (TPSA) is 58.1 Å². The molecule has 0 spiro atoms. The van der Waals surface area contributed by atoms with E-state index in [1.807, 2.05) is 6.92 Å². The number of amides is 1. The van der Waals surface area contributed by atoms with Gasteiger partial charge in [-0.2, -0.15) is 0 Å². The van der Waals surface area contributed by atoms with E-state index in [0.29, 0.717) is 22.6 Å². The lowest BCUT2D eigenvalue weighted by Gasteiger charge is -2.20. The Morgan fingerprint density at radius 3 is 2.65 bits per heavy atom. The Labute approximate surface area is 129 Å². The Bertz CT molecular complexity index is 440. The summed E-state index contributed by atoms with van der Waals surface area (Å²) in [6.45, 7) is 8.54. The maximum atomic E-state index is 11.6. The van der Waals surface area contributed by atoms with Gasteiger partial charge in [0, 0.05) is 25.7 Å². The maximum absolute atomic E-state index is 11.6. The number of halogens is 1. The summed E-state index contributed by atoms with van der Waals surface area (Å²) in [6, 6.07) is 1.75. The van der Waals surface area contributed by atoms with Crippen molar-refractivity contribution in [3.63, 3.8) is 0 Å². The van der Waals surface area contributed by atoms with Gasteiger partial charge in [0.15, 0.2) is 5.16 Å². The molecule has 20 heavy (non-hydrogen) atoms. The lowest BCUT2D eigenvalue weighted by molar-refractivity contribution is -0.118. The lowest BCUT2D eigenvalue weighted by atomic mass is 10.4. The summed E-state index contributed by atoms with van der Waals surface area (Å²) in [5.41, 5.74) is 0. The number of rotatable bonds is 8. The highest BCUT2D eigenvalue weighted by atomic mass is 35.5. The number of hydrogen-bond donors (Lipinski definition) is 1. The molecular weight excluding hydrogens is 296 g/mol. The Morgan fingerprint density at radius 2 is 2.05 bits per heavy atom. The minimum atomic E-state index is -0.00943. The molecule has 0 saturated heterocycles. The van der Waals surface area contributed by atoms with E-state index in [4.69, 9.17) is 11.6 Å². The second kappa shape index (κ2) is 9.02. The van der Waals surface area contributed by atoms with Gasteiger partial charge in [-0.1, -0.05) is 30.3 Å². The van der Waals surface area contributed by atoms with Gasteiger partial charge < -0.3 is 10.2 Å². The monoisotopic (exact) mass is 316 g/mol. The molecule has 0 aliphatic rings. The third-order valence-corrected chi connectivity index (χ3v) is 3.69. The second-order valence-corrected chi connectivity index (χ2v) is 5.47. The summed E-state index contributed by atoms with van der Waals surface area (Å²) < 4.78 is 0. The van der Waals surface area contributed by atoms with E-state index < -0.39 is 0 Å². The van der Waals surface area contributed by atoms with Gasteiger partial charge in [0.05, 0.1) is 5.75 Å². The Morgan fingerprint density at radius 1 is 1.35 bits per heavy atom. The van der Waals surface area contributed by atoms with Crippen LogP contribution in [-0.4, -0.2) is 41.3 Å². The minimum Gasteiger partial charge on any atom is -0.357 e. The molecule has 0 aliphatic carbocycles. The van der Waals surface area contributed by atoms with Crippen LogP contribution >= 0.6 is 23.4 Å². The molecule has 1 heterocycles. The average molecular weight is 317 g/mol. The second-order valence-electron chi connectivity index (χ2n) is 4.14.